The van der Waals surface area contributed by atoms with Gasteiger partial charge in [0, 0.05) is 25.6 Å². The van der Waals surface area contributed by atoms with Crippen molar-refractivity contribution < 1.29 is 24.2 Å². The van der Waals surface area contributed by atoms with Gasteiger partial charge in [0.2, 0.25) is 11.8 Å². The Bertz CT molecular complexity index is 660. The van der Waals surface area contributed by atoms with Gasteiger partial charge in [-0.15, -0.1) is 0 Å². The number of ether oxygens (including phenoxy) is 1. The van der Waals surface area contributed by atoms with Crippen molar-refractivity contribution in [2.24, 2.45) is 0 Å². The molecule has 7 heteroatoms. The molecule has 7 nitrogen and oxygen atoms in total. The molecule has 1 aromatic carbocycles. The second-order valence-corrected chi connectivity index (χ2v) is 5.72. The molecule has 0 aromatic heterocycles. The molecule has 2 atom stereocenters. The standard InChI is InChI=1S/C16H18N2O5/c1-10(19)18-12-5-3-2-4-11(12)8-13(18)15(20)17-6-7-23-14(9-17)16(21)22/h2-5,13-14H,6-9H2,1H3,(H,21,22)/t13-,14?/m0/s1. The Labute approximate surface area is 133 Å². The van der Waals surface area contributed by atoms with Crippen LogP contribution in [0.25, 0.3) is 0 Å². The first-order valence-electron chi connectivity index (χ1n) is 7.50. The number of carbonyl (C=O) groups excluding carboxylic acids is 2. The first-order chi connectivity index (χ1) is 11.0. The van der Waals surface area contributed by atoms with Crippen LogP contribution in [0.3, 0.4) is 0 Å². The van der Waals surface area contributed by atoms with Gasteiger partial charge in [-0.2, -0.15) is 0 Å². The van der Waals surface area contributed by atoms with Crippen molar-refractivity contribution in [3.05, 3.63) is 29.8 Å². The van der Waals surface area contributed by atoms with Crippen LogP contribution in [0, 0.1) is 0 Å². The molecule has 122 valence electrons. The van der Waals surface area contributed by atoms with Crippen molar-refractivity contribution in [2.45, 2.75) is 25.5 Å². The van der Waals surface area contributed by atoms with E-state index in [-0.39, 0.29) is 25.0 Å². The average Bonchev–Trinajstić information content (AvgIpc) is 2.93. The average molecular weight is 318 g/mol. The number of hydrogen-bond acceptors (Lipinski definition) is 4. The minimum absolute atomic E-state index is 0.00670. The monoisotopic (exact) mass is 318 g/mol. The number of benzene rings is 1. The number of morpholine rings is 1. The zero-order valence-corrected chi connectivity index (χ0v) is 12.8. The molecular formula is C16H18N2O5. The molecule has 0 bridgehead atoms. The second kappa shape index (κ2) is 6.00. The molecule has 2 aliphatic rings. The highest BCUT2D eigenvalue weighted by Gasteiger charge is 2.40. The molecular weight excluding hydrogens is 300 g/mol. The van der Waals surface area contributed by atoms with Crippen LogP contribution < -0.4 is 4.90 Å². The fraction of sp³-hybridized carbons (Fsp3) is 0.438. The Balaban J connectivity index is 1.82. The number of fused-ring (bicyclic) bond motifs is 1. The van der Waals surface area contributed by atoms with Crippen molar-refractivity contribution >= 4 is 23.5 Å². The molecule has 1 unspecified atom stereocenters. The van der Waals surface area contributed by atoms with Crippen molar-refractivity contribution in [1.29, 1.82) is 0 Å². The van der Waals surface area contributed by atoms with Gasteiger partial charge in [0.15, 0.2) is 6.10 Å². The SMILES string of the molecule is CC(=O)N1c2ccccc2C[C@H]1C(=O)N1CCOC(C(=O)O)C1. The molecule has 2 aliphatic heterocycles. The summed E-state index contributed by atoms with van der Waals surface area (Å²) in [5.74, 6) is -1.51. The largest absolute Gasteiger partial charge is 0.479 e. The smallest absolute Gasteiger partial charge is 0.334 e. The van der Waals surface area contributed by atoms with E-state index in [0.29, 0.717) is 13.0 Å². The summed E-state index contributed by atoms with van der Waals surface area (Å²) in [6.45, 7) is 1.96. The zero-order chi connectivity index (χ0) is 16.6. The molecule has 23 heavy (non-hydrogen) atoms. The Kier molecular flexibility index (Phi) is 4.04. The molecule has 0 spiro atoms. The molecule has 1 N–H and O–H groups in total. The van der Waals surface area contributed by atoms with Crippen LogP contribution in [0.1, 0.15) is 12.5 Å². The van der Waals surface area contributed by atoms with E-state index in [4.69, 9.17) is 9.84 Å². The number of hydrogen-bond donors (Lipinski definition) is 1. The van der Waals surface area contributed by atoms with E-state index in [0.717, 1.165) is 11.3 Å². The number of carbonyl (C=O) groups is 3. The number of anilines is 1. The predicted molar refractivity (Wildman–Crippen MR) is 81.0 cm³/mol. The van der Waals surface area contributed by atoms with Crippen LogP contribution in [0.15, 0.2) is 24.3 Å². The zero-order valence-electron chi connectivity index (χ0n) is 12.8. The van der Waals surface area contributed by atoms with E-state index in [1.54, 1.807) is 0 Å². The summed E-state index contributed by atoms with van der Waals surface area (Å²) in [4.78, 5) is 38.9. The highest BCUT2D eigenvalue weighted by molar-refractivity contribution is 6.02. The van der Waals surface area contributed by atoms with Gasteiger partial charge in [-0.1, -0.05) is 18.2 Å². The number of amides is 2. The molecule has 2 amide bonds. The maximum absolute atomic E-state index is 12.8. The van der Waals surface area contributed by atoms with E-state index in [1.165, 1.54) is 16.7 Å². The summed E-state index contributed by atoms with van der Waals surface area (Å²) >= 11 is 0. The van der Waals surface area contributed by atoms with E-state index in [1.807, 2.05) is 24.3 Å². The maximum Gasteiger partial charge on any atom is 0.334 e. The van der Waals surface area contributed by atoms with Crippen LogP contribution in [0.5, 0.6) is 0 Å². The maximum atomic E-state index is 12.8. The molecule has 1 fully saturated rings. The highest BCUT2D eigenvalue weighted by Crippen LogP contribution is 2.33. The first-order valence-corrected chi connectivity index (χ1v) is 7.50. The lowest BCUT2D eigenvalue weighted by Crippen LogP contribution is -2.55. The van der Waals surface area contributed by atoms with Crippen LogP contribution >= 0.6 is 0 Å². The van der Waals surface area contributed by atoms with Crippen LogP contribution in [-0.2, 0) is 25.5 Å². The topological polar surface area (TPSA) is 87.2 Å². The summed E-state index contributed by atoms with van der Waals surface area (Å²) in [5, 5.41) is 9.06. The third kappa shape index (κ3) is 2.79. The van der Waals surface area contributed by atoms with Gasteiger partial charge in [0.25, 0.3) is 0 Å². The van der Waals surface area contributed by atoms with E-state index in [2.05, 4.69) is 0 Å². The second-order valence-electron chi connectivity index (χ2n) is 5.72. The number of carboxylic acid groups (broad SMARTS) is 1. The minimum Gasteiger partial charge on any atom is -0.479 e. The van der Waals surface area contributed by atoms with Gasteiger partial charge in [0.1, 0.15) is 6.04 Å². The number of aliphatic carboxylic acids is 1. The van der Waals surface area contributed by atoms with Gasteiger partial charge in [-0.3, -0.25) is 14.5 Å². The summed E-state index contributed by atoms with van der Waals surface area (Å²) in [6.07, 6.45) is -0.564. The van der Waals surface area contributed by atoms with Gasteiger partial charge in [-0.25, -0.2) is 4.79 Å². The van der Waals surface area contributed by atoms with Crippen molar-refractivity contribution in [3.63, 3.8) is 0 Å². The molecule has 3 rings (SSSR count). The minimum atomic E-state index is -1.08. The van der Waals surface area contributed by atoms with Gasteiger partial charge < -0.3 is 14.7 Å². The highest BCUT2D eigenvalue weighted by atomic mass is 16.5. The third-order valence-electron chi connectivity index (χ3n) is 4.25. The lowest BCUT2D eigenvalue weighted by molar-refractivity contribution is -0.159. The van der Waals surface area contributed by atoms with Gasteiger partial charge in [0.05, 0.1) is 13.2 Å². The van der Waals surface area contributed by atoms with Gasteiger partial charge >= 0.3 is 5.97 Å². The normalized spacial score (nSPS) is 23.5. The lowest BCUT2D eigenvalue weighted by atomic mass is 10.1. The Hall–Kier alpha value is -2.41. The number of carboxylic acids is 1. The Morgan fingerprint density at radius 3 is 2.70 bits per heavy atom. The molecule has 1 saturated heterocycles. The number of para-hydroxylation sites is 1. The fourth-order valence-corrected chi connectivity index (χ4v) is 3.18. The Morgan fingerprint density at radius 2 is 2.00 bits per heavy atom. The van der Waals surface area contributed by atoms with Crippen molar-refractivity contribution in [2.75, 3.05) is 24.6 Å². The van der Waals surface area contributed by atoms with Crippen LogP contribution in [-0.4, -0.2) is 59.6 Å². The molecule has 0 radical (unpaired) electrons. The van der Waals surface area contributed by atoms with Gasteiger partial charge in [-0.05, 0) is 11.6 Å². The van der Waals surface area contributed by atoms with Crippen molar-refractivity contribution in [3.8, 4) is 0 Å². The predicted octanol–water partition coefficient (Wildman–Crippen LogP) is 0.276. The quantitative estimate of drug-likeness (QED) is 0.846. The van der Waals surface area contributed by atoms with Crippen molar-refractivity contribution in [1.82, 2.24) is 4.90 Å². The van der Waals surface area contributed by atoms with Crippen LogP contribution in [0.2, 0.25) is 0 Å². The first kappa shape index (κ1) is 15.5. The fourth-order valence-electron chi connectivity index (χ4n) is 3.18. The summed E-state index contributed by atoms with van der Waals surface area (Å²) in [5.41, 5.74) is 1.70. The van der Waals surface area contributed by atoms with E-state index in [9.17, 15) is 14.4 Å². The third-order valence-corrected chi connectivity index (χ3v) is 4.25. The molecule has 1 aromatic rings. The van der Waals surface area contributed by atoms with E-state index < -0.39 is 18.1 Å². The lowest BCUT2D eigenvalue weighted by Gasteiger charge is -2.34. The summed E-state index contributed by atoms with van der Waals surface area (Å²) in [6, 6.07) is 6.81. The Morgan fingerprint density at radius 1 is 1.26 bits per heavy atom. The molecule has 0 aliphatic carbocycles. The summed E-state index contributed by atoms with van der Waals surface area (Å²) < 4.78 is 5.14. The number of rotatable bonds is 2. The summed E-state index contributed by atoms with van der Waals surface area (Å²) in [7, 11) is 0. The molecule has 2 heterocycles. The molecule has 0 saturated carbocycles. The number of nitrogens with zero attached hydrogens (tertiary/aromatic N) is 2. The van der Waals surface area contributed by atoms with Crippen LogP contribution in [0.4, 0.5) is 5.69 Å². The van der Waals surface area contributed by atoms with E-state index >= 15 is 0 Å².